The Balaban J connectivity index is 1.83. The molecular weight excluding hydrogens is 292 g/mol. The maximum Gasteiger partial charge on any atom is 0.337 e. The molecule has 0 radical (unpaired) electrons. The fourth-order valence-corrected chi connectivity index (χ4v) is 2.61. The average molecular weight is 304 g/mol. The highest BCUT2D eigenvalue weighted by Crippen LogP contribution is 2.28. The van der Waals surface area contributed by atoms with Gasteiger partial charge >= 0.3 is 5.97 Å². The van der Waals surface area contributed by atoms with Crippen LogP contribution >= 0.6 is 0 Å². The summed E-state index contributed by atoms with van der Waals surface area (Å²) in [6.07, 6.45) is 3.59. The highest BCUT2D eigenvalue weighted by atomic mass is 16.4. The van der Waals surface area contributed by atoms with Crippen molar-refractivity contribution < 1.29 is 9.90 Å². The first-order chi connectivity index (χ1) is 11.2. The van der Waals surface area contributed by atoms with Crippen LogP contribution in [0.15, 0.2) is 60.9 Å². The van der Waals surface area contributed by atoms with Gasteiger partial charge in [-0.2, -0.15) is 10.2 Å². The summed E-state index contributed by atoms with van der Waals surface area (Å²) in [6.45, 7) is 0. The normalized spacial score (nSPS) is 11.0. The highest BCUT2D eigenvalue weighted by molar-refractivity contribution is 6.05. The second-order valence-corrected chi connectivity index (χ2v) is 5.11. The van der Waals surface area contributed by atoms with Crippen molar-refractivity contribution in [2.24, 2.45) is 0 Å². The van der Waals surface area contributed by atoms with Crippen LogP contribution in [-0.2, 0) is 0 Å². The number of aromatic amines is 1. The molecule has 4 rings (SSSR count). The van der Waals surface area contributed by atoms with E-state index in [2.05, 4.69) is 15.3 Å². The van der Waals surface area contributed by atoms with E-state index in [9.17, 15) is 9.90 Å². The Morgan fingerprint density at radius 2 is 1.91 bits per heavy atom. The Hall–Kier alpha value is -3.41. The fraction of sp³-hybridized carbons (Fsp3) is 0. The number of nitrogens with zero attached hydrogens (tertiary/aromatic N) is 3. The van der Waals surface area contributed by atoms with Crippen molar-refractivity contribution in [3.05, 3.63) is 66.5 Å². The van der Waals surface area contributed by atoms with E-state index < -0.39 is 5.97 Å². The van der Waals surface area contributed by atoms with Crippen LogP contribution in [0.25, 0.3) is 27.8 Å². The zero-order valence-electron chi connectivity index (χ0n) is 12.0. The van der Waals surface area contributed by atoms with E-state index >= 15 is 0 Å². The van der Waals surface area contributed by atoms with Gasteiger partial charge < -0.3 is 5.11 Å². The molecule has 23 heavy (non-hydrogen) atoms. The quantitative estimate of drug-likeness (QED) is 0.609. The van der Waals surface area contributed by atoms with Gasteiger partial charge in [-0.15, -0.1) is 0 Å². The molecule has 2 aromatic carbocycles. The minimum atomic E-state index is -0.981. The molecule has 6 nitrogen and oxygen atoms in total. The van der Waals surface area contributed by atoms with Gasteiger partial charge in [0.2, 0.25) is 0 Å². The third kappa shape index (κ3) is 2.17. The van der Waals surface area contributed by atoms with Gasteiger partial charge in [-0.25, -0.2) is 9.48 Å². The van der Waals surface area contributed by atoms with Gasteiger partial charge in [0.05, 0.1) is 23.0 Å². The van der Waals surface area contributed by atoms with Crippen molar-refractivity contribution in [2.45, 2.75) is 0 Å². The summed E-state index contributed by atoms with van der Waals surface area (Å²) < 4.78 is 1.76. The first-order valence-electron chi connectivity index (χ1n) is 7.05. The average Bonchev–Trinajstić information content (AvgIpc) is 3.21. The number of aromatic nitrogens is 4. The minimum absolute atomic E-state index is 0.205. The summed E-state index contributed by atoms with van der Waals surface area (Å²) in [5, 5.41) is 21.5. The summed E-state index contributed by atoms with van der Waals surface area (Å²) in [6, 6.07) is 14.9. The number of carboxylic acid groups (broad SMARTS) is 1. The molecule has 0 aliphatic carbocycles. The number of nitrogens with one attached hydrogen (secondary N) is 1. The summed E-state index contributed by atoms with van der Waals surface area (Å²) in [5.74, 6) is -0.981. The molecule has 0 saturated carbocycles. The molecule has 0 spiro atoms. The number of rotatable bonds is 3. The van der Waals surface area contributed by atoms with Crippen molar-refractivity contribution in [1.29, 1.82) is 0 Å². The smallest absolute Gasteiger partial charge is 0.337 e. The van der Waals surface area contributed by atoms with Crippen LogP contribution < -0.4 is 0 Å². The van der Waals surface area contributed by atoms with Gasteiger partial charge in [0.25, 0.3) is 0 Å². The molecule has 0 saturated heterocycles. The van der Waals surface area contributed by atoms with E-state index in [0.717, 1.165) is 16.6 Å². The minimum Gasteiger partial charge on any atom is -0.478 e. The van der Waals surface area contributed by atoms with Crippen molar-refractivity contribution in [3.63, 3.8) is 0 Å². The molecular formula is C17H12N4O2. The number of H-pyrrole nitrogens is 1. The van der Waals surface area contributed by atoms with Gasteiger partial charge in [-0.05, 0) is 18.2 Å². The molecule has 112 valence electrons. The SMILES string of the molecule is O=C(O)c1cccc2c(-c3cnn(-c4ccccc4)c3)n[nH]c12. The molecule has 2 heterocycles. The lowest BCUT2D eigenvalue weighted by Gasteiger charge is -1.99. The van der Waals surface area contributed by atoms with E-state index in [0.29, 0.717) is 11.2 Å². The lowest BCUT2D eigenvalue weighted by molar-refractivity contribution is 0.0699. The van der Waals surface area contributed by atoms with E-state index in [1.54, 1.807) is 23.0 Å². The second-order valence-electron chi connectivity index (χ2n) is 5.11. The van der Waals surface area contributed by atoms with Crippen molar-refractivity contribution in [3.8, 4) is 16.9 Å². The van der Waals surface area contributed by atoms with Crippen LogP contribution in [0.1, 0.15) is 10.4 Å². The Bertz CT molecular complexity index is 1000. The predicted molar refractivity (Wildman–Crippen MR) is 85.6 cm³/mol. The molecule has 2 aromatic heterocycles. The van der Waals surface area contributed by atoms with Crippen LogP contribution in [0.4, 0.5) is 0 Å². The number of hydrogen-bond donors (Lipinski definition) is 2. The molecule has 0 aliphatic heterocycles. The number of carboxylic acids is 1. The van der Waals surface area contributed by atoms with E-state index in [-0.39, 0.29) is 5.56 Å². The monoisotopic (exact) mass is 304 g/mol. The summed E-state index contributed by atoms with van der Waals surface area (Å²) >= 11 is 0. The first kappa shape index (κ1) is 13.3. The maximum absolute atomic E-state index is 11.3. The van der Waals surface area contributed by atoms with Gasteiger partial charge in [0.1, 0.15) is 5.69 Å². The van der Waals surface area contributed by atoms with Crippen LogP contribution in [-0.4, -0.2) is 31.1 Å². The number of carbonyl (C=O) groups is 1. The van der Waals surface area contributed by atoms with Crippen molar-refractivity contribution >= 4 is 16.9 Å². The zero-order valence-corrected chi connectivity index (χ0v) is 12.0. The standard InChI is InChI=1S/C17H12N4O2/c22-17(23)14-8-4-7-13-15(19-20-16(13)14)11-9-18-21(10-11)12-5-2-1-3-6-12/h1-10H,(H,19,20)(H,22,23). The molecule has 0 bridgehead atoms. The third-order valence-corrected chi connectivity index (χ3v) is 3.71. The molecule has 0 unspecified atom stereocenters. The van der Waals surface area contributed by atoms with Gasteiger partial charge in [-0.3, -0.25) is 5.10 Å². The van der Waals surface area contributed by atoms with E-state index in [1.807, 2.05) is 42.6 Å². The molecule has 0 fully saturated rings. The Morgan fingerprint density at radius 1 is 1.09 bits per heavy atom. The fourth-order valence-electron chi connectivity index (χ4n) is 2.61. The molecule has 0 aliphatic rings. The van der Waals surface area contributed by atoms with Crippen LogP contribution in [0, 0.1) is 0 Å². The largest absolute Gasteiger partial charge is 0.478 e. The Morgan fingerprint density at radius 3 is 2.70 bits per heavy atom. The topological polar surface area (TPSA) is 83.8 Å². The van der Waals surface area contributed by atoms with Gasteiger partial charge in [0, 0.05) is 17.1 Å². The lowest BCUT2D eigenvalue weighted by atomic mass is 10.1. The number of benzene rings is 2. The number of para-hydroxylation sites is 2. The van der Waals surface area contributed by atoms with Crippen LogP contribution in [0.2, 0.25) is 0 Å². The van der Waals surface area contributed by atoms with E-state index in [4.69, 9.17) is 0 Å². The molecule has 6 heteroatoms. The van der Waals surface area contributed by atoms with Gasteiger partial charge in [0.15, 0.2) is 0 Å². The maximum atomic E-state index is 11.3. The van der Waals surface area contributed by atoms with Gasteiger partial charge in [-0.1, -0.05) is 30.3 Å². The molecule has 2 N–H and O–H groups in total. The third-order valence-electron chi connectivity index (χ3n) is 3.71. The molecule has 0 amide bonds. The highest BCUT2D eigenvalue weighted by Gasteiger charge is 2.15. The van der Waals surface area contributed by atoms with Crippen molar-refractivity contribution in [1.82, 2.24) is 20.0 Å². The van der Waals surface area contributed by atoms with Crippen molar-refractivity contribution in [2.75, 3.05) is 0 Å². The Kier molecular flexibility index (Phi) is 2.94. The number of fused-ring (bicyclic) bond motifs is 1. The summed E-state index contributed by atoms with van der Waals surface area (Å²) in [7, 11) is 0. The van der Waals surface area contributed by atoms with Crippen LogP contribution in [0.3, 0.4) is 0 Å². The zero-order chi connectivity index (χ0) is 15.8. The second kappa shape index (κ2) is 5.10. The summed E-state index contributed by atoms with van der Waals surface area (Å²) in [5.41, 5.74) is 3.18. The summed E-state index contributed by atoms with van der Waals surface area (Å²) in [4.78, 5) is 11.3. The number of hydrogen-bond acceptors (Lipinski definition) is 3. The predicted octanol–water partition coefficient (Wildman–Crippen LogP) is 3.11. The van der Waals surface area contributed by atoms with Crippen LogP contribution in [0.5, 0.6) is 0 Å². The first-order valence-corrected chi connectivity index (χ1v) is 7.05. The Labute approximate surface area is 131 Å². The van der Waals surface area contributed by atoms with E-state index in [1.165, 1.54) is 0 Å². The number of aromatic carboxylic acids is 1. The lowest BCUT2D eigenvalue weighted by Crippen LogP contribution is -1.96. The molecule has 4 aromatic rings. The molecule has 0 atom stereocenters.